The van der Waals surface area contributed by atoms with Gasteiger partial charge in [0.15, 0.2) is 0 Å². The molecule has 6 atom stereocenters. The van der Waals surface area contributed by atoms with Crippen LogP contribution in [0.2, 0.25) is 0 Å². The Kier molecular flexibility index (Phi) is 7.43. The van der Waals surface area contributed by atoms with Gasteiger partial charge in [-0.15, -0.1) is 0 Å². The van der Waals surface area contributed by atoms with E-state index in [2.05, 4.69) is 38.7 Å². The Labute approximate surface area is 236 Å². The first-order valence-electron chi connectivity index (χ1n) is 13.8. The van der Waals surface area contributed by atoms with Crippen molar-refractivity contribution in [1.29, 1.82) is 0 Å². The average molecular weight is 566 g/mol. The summed E-state index contributed by atoms with van der Waals surface area (Å²) in [5.74, 6) is -0.492. The number of benzene rings is 1. The predicted octanol–water partition coefficient (Wildman–Crippen LogP) is 3.88. The first-order chi connectivity index (χ1) is 19.8. The van der Waals surface area contributed by atoms with Crippen LogP contribution in [0.3, 0.4) is 0 Å². The van der Waals surface area contributed by atoms with Crippen molar-refractivity contribution >= 4 is 23.8 Å². The van der Waals surface area contributed by atoms with E-state index >= 15 is 8.78 Å². The molecule has 6 rings (SSSR count). The van der Waals surface area contributed by atoms with Crippen molar-refractivity contribution in [3.8, 4) is 11.3 Å². The van der Waals surface area contributed by atoms with Crippen LogP contribution >= 0.6 is 0 Å². The van der Waals surface area contributed by atoms with Gasteiger partial charge in [-0.2, -0.15) is 9.61 Å². The number of halogens is 2. The maximum atomic E-state index is 15.1. The van der Waals surface area contributed by atoms with E-state index in [1.54, 1.807) is 29.0 Å². The van der Waals surface area contributed by atoms with E-state index < -0.39 is 17.7 Å². The monoisotopic (exact) mass is 565 g/mol. The van der Waals surface area contributed by atoms with Crippen LogP contribution in [-0.4, -0.2) is 65.4 Å². The molecule has 1 saturated heterocycles. The minimum absolute atomic E-state index is 0.00351. The molecule has 2 unspecified atom stereocenters. The number of ether oxygens (including phenoxy) is 2. The second-order valence-electron chi connectivity index (χ2n) is 11.2. The van der Waals surface area contributed by atoms with E-state index in [0.717, 1.165) is 6.42 Å². The molecule has 2 aliphatic heterocycles. The van der Waals surface area contributed by atoms with E-state index in [-0.39, 0.29) is 53.1 Å². The number of anilines is 1. The lowest BCUT2D eigenvalue weighted by molar-refractivity contribution is 0.00822. The van der Waals surface area contributed by atoms with E-state index in [1.807, 2.05) is 6.21 Å². The molecular formula is C29H33F2N7O3. The van der Waals surface area contributed by atoms with Crippen LogP contribution in [0.5, 0.6) is 0 Å². The van der Waals surface area contributed by atoms with Crippen molar-refractivity contribution in [3.63, 3.8) is 0 Å². The molecule has 3 aliphatic rings. The molecule has 4 N–H and O–H groups in total. The Bertz CT molecular complexity index is 1470. The molecule has 41 heavy (non-hydrogen) atoms. The van der Waals surface area contributed by atoms with Crippen molar-refractivity contribution in [2.45, 2.75) is 43.8 Å². The van der Waals surface area contributed by atoms with E-state index in [4.69, 9.17) is 15.2 Å². The molecule has 12 heteroatoms. The number of nitrogens with one attached hydrogen (secondary N) is 2. The Hall–Kier alpha value is -3.90. The summed E-state index contributed by atoms with van der Waals surface area (Å²) in [4.78, 5) is 20.7. The Balaban J connectivity index is 1.23. The third kappa shape index (κ3) is 5.29. The van der Waals surface area contributed by atoms with Crippen LogP contribution in [0.1, 0.15) is 31.2 Å². The second-order valence-corrected chi connectivity index (χ2v) is 11.2. The average Bonchev–Trinajstić information content (AvgIpc) is 3.31. The summed E-state index contributed by atoms with van der Waals surface area (Å²) in [6.07, 6.45) is 8.38. The molecule has 1 aliphatic carbocycles. The highest BCUT2D eigenvalue weighted by Crippen LogP contribution is 2.37. The summed E-state index contributed by atoms with van der Waals surface area (Å²) < 4.78 is 41.7. The lowest BCUT2D eigenvalue weighted by atomic mass is 9.69. The van der Waals surface area contributed by atoms with Gasteiger partial charge < -0.3 is 25.8 Å². The predicted molar refractivity (Wildman–Crippen MR) is 150 cm³/mol. The molecule has 0 bridgehead atoms. The van der Waals surface area contributed by atoms with Gasteiger partial charge in [0.1, 0.15) is 11.6 Å². The molecule has 1 amide bonds. The number of amides is 1. The normalized spacial score (nSPS) is 27.9. The van der Waals surface area contributed by atoms with Crippen molar-refractivity contribution < 1.29 is 23.0 Å². The van der Waals surface area contributed by atoms with Gasteiger partial charge in [0.2, 0.25) is 5.95 Å². The molecule has 0 radical (unpaired) electrons. The summed E-state index contributed by atoms with van der Waals surface area (Å²) >= 11 is 0. The molecule has 216 valence electrons. The Morgan fingerprint density at radius 1 is 1.20 bits per heavy atom. The Morgan fingerprint density at radius 3 is 2.66 bits per heavy atom. The molecule has 10 nitrogen and oxygen atoms in total. The largest absolute Gasteiger partial charge is 0.453 e. The third-order valence-electron chi connectivity index (χ3n) is 8.50. The fourth-order valence-corrected chi connectivity index (χ4v) is 6.26. The van der Waals surface area contributed by atoms with Crippen molar-refractivity contribution in [2.24, 2.45) is 28.5 Å². The number of hydrogen-bond acceptors (Lipinski definition) is 8. The zero-order valence-electron chi connectivity index (χ0n) is 22.8. The van der Waals surface area contributed by atoms with Gasteiger partial charge in [-0.3, -0.25) is 4.99 Å². The van der Waals surface area contributed by atoms with Crippen LogP contribution in [-0.2, 0) is 9.47 Å². The Morgan fingerprint density at radius 2 is 1.98 bits per heavy atom. The summed E-state index contributed by atoms with van der Waals surface area (Å²) in [5.41, 5.74) is 7.75. The zero-order chi connectivity index (χ0) is 28.7. The maximum Gasteiger partial charge on any atom is 0.407 e. The summed E-state index contributed by atoms with van der Waals surface area (Å²) in [6, 6.07) is 5.41. The molecule has 4 heterocycles. The van der Waals surface area contributed by atoms with Gasteiger partial charge in [-0.05, 0) is 54.5 Å². The lowest BCUT2D eigenvalue weighted by Crippen LogP contribution is -2.56. The topological polar surface area (TPSA) is 128 Å². The molecule has 1 saturated carbocycles. The zero-order valence-corrected chi connectivity index (χ0v) is 22.8. The van der Waals surface area contributed by atoms with Gasteiger partial charge in [0, 0.05) is 36.3 Å². The van der Waals surface area contributed by atoms with Crippen LogP contribution in [0.25, 0.3) is 16.8 Å². The van der Waals surface area contributed by atoms with E-state index in [1.165, 1.54) is 19.2 Å². The molecular weight excluding hydrogens is 532 g/mol. The minimum Gasteiger partial charge on any atom is -0.453 e. The quantitative estimate of drug-likeness (QED) is 0.414. The van der Waals surface area contributed by atoms with Gasteiger partial charge in [0.25, 0.3) is 0 Å². The highest BCUT2D eigenvalue weighted by atomic mass is 19.1. The summed E-state index contributed by atoms with van der Waals surface area (Å²) in [5, 5.41) is 10.9. The van der Waals surface area contributed by atoms with Crippen molar-refractivity contribution in [2.75, 3.05) is 25.6 Å². The number of rotatable bonds is 6. The number of aromatic nitrogens is 3. The van der Waals surface area contributed by atoms with Crippen LogP contribution < -0.4 is 16.4 Å². The van der Waals surface area contributed by atoms with Gasteiger partial charge >= 0.3 is 6.09 Å². The number of aliphatic imine (C=N–C) groups is 1. The van der Waals surface area contributed by atoms with Crippen LogP contribution in [0, 0.1) is 29.4 Å². The van der Waals surface area contributed by atoms with Crippen LogP contribution in [0.15, 0.2) is 47.7 Å². The van der Waals surface area contributed by atoms with Gasteiger partial charge in [-0.1, -0.05) is 13.0 Å². The van der Waals surface area contributed by atoms with E-state index in [0.29, 0.717) is 36.7 Å². The molecule has 3 aromatic rings. The summed E-state index contributed by atoms with van der Waals surface area (Å²) in [6.45, 7) is 3.00. The maximum absolute atomic E-state index is 15.1. The highest BCUT2D eigenvalue weighted by molar-refractivity contribution is 5.72. The number of carbonyl (C=O) groups excluding carboxylic acids is 1. The standard InChI is InChI=1S/C29H33F2N7O3/c1-15-7-17(10-23(32)27(15)36-29(39)40-2)20-5-6-33-12-25(20)35-28-34-11-19-3-4-24(37-38(19)28)26-21(30)8-16(9-22(26)31)18-13-41-14-18/h3-6,8-9,11-12,15,17-18,20,23,25,27H,7,10,13-14,32H2,1-2H3,(H,34,35)(H,36,39)/t15-,17+,20?,23+,25?,27-/m0/s1. The number of methoxy groups -OCH3 is 1. The fraction of sp³-hybridized carbons (Fsp3) is 0.448. The van der Waals surface area contributed by atoms with Gasteiger partial charge in [-0.25, -0.2) is 18.6 Å². The number of carbonyl (C=O) groups is 1. The second kappa shape index (κ2) is 11.2. The molecule has 1 aromatic carbocycles. The number of alkyl carbamates (subject to hydrolysis) is 1. The fourth-order valence-electron chi connectivity index (χ4n) is 6.26. The SMILES string of the molecule is COC(=O)N[C@@H]1[C@H](N)C[C@H](C2C=CN=CC2Nc2ncc3ccc(-c4c(F)cc(C5COC5)cc4F)nn23)C[C@@H]1C. The number of nitrogens with two attached hydrogens (primary N) is 1. The smallest absolute Gasteiger partial charge is 0.407 e. The number of hydrogen-bond donors (Lipinski definition) is 3. The van der Waals surface area contributed by atoms with Gasteiger partial charge in [0.05, 0.1) is 49.3 Å². The molecule has 0 spiro atoms. The molecule has 2 fully saturated rings. The van der Waals surface area contributed by atoms with Crippen molar-refractivity contribution in [3.05, 3.63) is 59.9 Å². The van der Waals surface area contributed by atoms with Crippen LogP contribution in [0.4, 0.5) is 19.5 Å². The number of nitrogens with zero attached hydrogens (tertiary/aromatic N) is 4. The van der Waals surface area contributed by atoms with E-state index in [9.17, 15) is 4.79 Å². The lowest BCUT2D eigenvalue weighted by Gasteiger charge is -2.43. The number of fused-ring (bicyclic) bond motifs is 1. The third-order valence-corrected chi connectivity index (χ3v) is 8.50. The molecule has 2 aromatic heterocycles. The first kappa shape index (κ1) is 27.3. The summed E-state index contributed by atoms with van der Waals surface area (Å²) in [7, 11) is 1.34. The first-order valence-corrected chi connectivity index (χ1v) is 13.8. The van der Waals surface area contributed by atoms with Crippen molar-refractivity contribution in [1.82, 2.24) is 19.9 Å². The number of imidazole rings is 1. The minimum atomic E-state index is -0.666. The highest BCUT2D eigenvalue weighted by Gasteiger charge is 2.40.